The molecule has 70 valence electrons. The van der Waals surface area contributed by atoms with Gasteiger partial charge in [-0.1, -0.05) is 0 Å². The van der Waals surface area contributed by atoms with Crippen LogP contribution in [-0.4, -0.2) is 24.7 Å². The normalized spacial score (nSPS) is 12.5. The molecule has 0 radical (unpaired) electrons. The van der Waals surface area contributed by atoms with Crippen molar-refractivity contribution in [2.75, 3.05) is 6.54 Å². The molecule has 4 N–H and O–H groups in total. The molecule has 0 aliphatic carbocycles. The second kappa shape index (κ2) is 6.94. The lowest BCUT2D eigenvalue weighted by Crippen LogP contribution is -2.30. The van der Waals surface area contributed by atoms with Crippen LogP contribution in [0.5, 0.6) is 0 Å². The lowest BCUT2D eigenvalue weighted by Gasteiger charge is -2.07. The van der Waals surface area contributed by atoms with Gasteiger partial charge in [0.25, 0.3) is 0 Å². The van der Waals surface area contributed by atoms with Crippen molar-refractivity contribution in [3.05, 3.63) is 0 Å². The maximum atomic E-state index is 11.1. The van der Waals surface area contributed by atoms with Gasteiger partial charge in [0.1, 0.15) is 12.1 Å². The van der Waals surface area contributed by atoms with Crippen LogP contribution in [0.4, 0.5) is 0 Å². The van der Waals surface area contributed by atoms with Gasteiger partial charge in [0.2, 0.25) is 0 Å². The zero-order valence-corrected chi connectivity index (χ0v) is 7.16. The van der Waals surface area contributed by atoms with Crippen molar-refractivity contribution in [3.8, 4) is 0 Å². The summed E-state index contributed by atoms with van der Waals surface area (Å²) in [7, 11) is 0. The van der Waals surface area contributed by atoms with Gasteiger partial charge in [-0.3, -0.25) is 4.79 Å². The SMILES string of the molecule is NCCCC(=O)C(N)CCC=O. The highest BCUT2D eigenvalue weighted by atomic mass is 16.1. The van der Waals surface area contributed by atoms with Crippen LogP contribution in [0.25, 0.3) is 0 Å². The highest BCUT2D eigenvalue weighted by Gasteiger charge is 2.11. The average molecular weight is 172 g/mol. The summed E-state index contributed by atoms with van der Waals surface area (Å²) in [6, 6.07) is -0.484. The number of Topliss-reactive ketones (excluding diaryl/α,β-unsaturated/α-hetero) is 1. The Kier molecular flexibility index (Phi) is 6.51. The Morgan fingerprint density at radius 3 is 2.67 bits per heavy atom. The Bertz CT molecular complexity index is 148. The van der Waals surface area contributed by atoms with Gasteiger partial charge < -0.3 is 16.3 Å². The Labute approximate surface area is 72.3 Å². The van der Waals surface area contributed by atoms with Crippen molar-refractivity contribution < 1.29 is 9.59 Å². The summed E-state index contributed by atoms with van der Waals surface area (Å²) in [5.74, 6) is 0.00213. The molecule has 0 fully saturated rings. The number of aldehydes is 1. The van der Waals surface area contributed by atoms with Crippen LogP contribution in [0.15, 0.2) is 0 Å². The summed E-state index contributed by atoms with van der Waals surface area (Å²) in [5.41, 5.74) is 10.7. The minimum Gasteiger partial charge on any atom is -0.330 e. The molecule has 0 aromatic heterocycles. The number of hydrogen-bond acceptors (Lipinski definition) is 4. The second-order valence-corrected chi connectivity index (χ2v) is 2.71. The molecule has 12 heavy (non-hydrogen) atoms. The fraction of sp³-hybridized carbons (Fsp3) is 0.750. The van der Waals surface area contributed by atoms with Gasteiger partial charge in [0, 0.05) is 12.8 Å². The quantitative estimate of drug-likeness (QED) is 0.512. The Hall–Kier alpha value is -0.740. The molecule has 1 unspecified atom stereocenters. The average Bonchev–Trinajstić information content (AvgIpc) is 2.10. The molecule has 4 nitrogen and oxygen atoms in total. The van der Waals surface area contributed by atoms with Gasteiger partial charge in [-0.25, -0.2) is 0 Å². The van der Waals surface area contributed by atoms with E-state index in [-0.39, 0.29) is 5.78 Å². The third-order valence-electron chi connectivity index (χ3n) is 1.64. The predicted octanol–water partition coefficient (Wildman–Crippen LogP) is -0.399. The molecule has 0 saturated heterocycles. The van der Waals surface area contributed by atoms with Crippen LogP contribution in [0, 0.1) is 0 Å². The maximum absolute atomic E-state index is 11.1. The van der Waals surface area contributed by atoms with Gasteiger partial charge in [-0.05, 0) is 19.4 Å². The van der Waals surface area contributed by atoms with E-state index >= 15 is 0 Å². The standard InChI is InChI=1S/C8H16N2O2/c9-5-1-4-8(12)7(10)3-2-6-11/h6-7H,1-5,9-10H2. The Morgan fingerprint density at radius 2 is 2.17 bits per heavy atom. The lowest BCUT2D eigenvalue weighted by atomic mass is 10.0. The van der Waals surface area contributed by atoms with E-state index in [2.05, 4.69) is 0 Å². The highest BCUT2D eigenvalue weighted by molar-refractivity contribution is 5.83. The first-order chi connectivity index (χ1) is 5.72. The third kappa shape index (κ3) is 4.98. The molecular formula is C8H16N2O2. The van der Waals surface area contributed by atoms with Crippen LogP contribution in [-0.2, 0) is 9.59 Å². The van der Waals surface area contributed by atoms with Crippen LogP contribution < -0.4 is 11.5 Å². The molecule has 0 amide bonds. The predicted molar refractivity (Wildman–Crippen MR) is 46.6 cm³/mol. The number of hydrogen-bond donors (Lipinski definition) is 2. The summed E-state index contributed by atoms with van der Waals surface area (Å²) < 4.78 is 0. The number of ketones is 1. The van der Waals surface area contributed by atoms with E-state index in [1.165, 1.54) is 0 Å². The molecule has 1 atom stereocenters. The van der Waals surface area contributed by atoms with Gasteiger partial charge in [-0.2, -0.15) is 0 Å². The number of rotatable bonds is 7. The number of nitrogens with two attached hydrogens (primary N) is 2. The van der Waals surface area contributed by atoms with Crippen molar-refractivity contribution in [3.63, 3.8) is 0 Å². The summed E-state index contributed by atoms with van der Waals surface area (Å²) >= 11 is 0. The van der Waals surface area contributed by atoms with Crippen molar-refractivity contribution in [2.45, 2.75) is 31.7 Å². The van der Waals surface area contributed by atoms with Crippen LogP contribution in [0.3, 0.4) is 0 Å². The lowest BCUT2D eigenvalue weighted by molar-refractivity contribution is -0.120. The fourth-order valence-electron chi connectivity index (χ4n) is 0.870. The van der Waals surface area contributed by atoms with E-state index in [1.807, 2.05) is 0 Å². The minimum atomic E-state index is -0.484. The Morgan fingerprint density at radius 1 is 1.50 bits per heavy atom. The third-order valence-corrected chi connectivity index (χ3v) is 1.64. The van der Waals surface area contributed by atoms with Gasteiger partial charge >= 0.3 is 0 Å². The van der Waals surface area contributed by atoms with E-state index < -0.39 is 6.04 Å². The minimum absolute atomic E-state index is 0.00213. The van der Waals surface area contributed by atoms with E-state index in [0.717, 1.165) is 6.29 Å². The van der Waals surface area contributed by atoms with Crippen molar-refractivity contribution in [1.82, 2.24) is 0 Å². The maximum Gasteiger partial charge on any atom is 0.149 e. The van der Waals surface area contributed by atoms with E-state index in [4.69, 9.17) is 11.5 Å². The molecule has 0 saturated carbocycles. The first-order valence-electron chi connectivity index (χ1n) is 4.14. The molecule has 0 spiro atoms. The number of carbonyl (C=O) groups is 2. The van der Waals surface area contributed by atoms with Crippen molar-refractivity contribution in [2.24, 2.45) is 11.5 Å². The monoisotopic (exact) mass is 172 g/mol. The van der Waals surface area contributed by atoms with E-state index in [0.29, 0.717) is 32.2 Å². The Balaban J connectivity index is 3.53. The fourth-order valence-corrected chi connectivity index (χ4v) is 0.870. The zero-order chi connectivity index (χ0) is 9.40. The first-order valence-corrected chi connectivity index (χ1v) is 4.14. The molecule has 0 heterocycles. The first kappa shape index (κ1) is 11.3. The molecule has 0 bridgehead atoms. The van der Waals surface area contributed by atoms with Crippen LogP contribution >= 0.6 is 0 Å². The largest absolute Gasteiger partial charge is 0.330 e. The van der Waals surface area contributed by atoms with Gasteiger partial charge in [0.05, 0.1) is 6.04 Å². The topological polar surface area (TPSA) is 86.2 Å². The molecule has 0 aromatic carbocycles. The van der Waals surface area contributed by atoms with Crippen molar-refractivity contribution >= 4 is 12.1 Å². The molecule has 0 aromatic rings. The van der Waals surface area contributed by atoms with Crippen LogP contribution in [0.2, 0.25) is 0 Å². The van der Waals surface area contributed by atoms with Gasteiger partial charge in [0.15, 0.2) is 0 Å². The molecule has 0 aliphatic heterocycles. The summed E-state index contributed by atoms with van der Waals surface area (Å²) in [5, 5.41) is 0. The molecular weight excluding hydrogens is 156 g/mol. The summed E-state index contributed by atoms with van der Waals surface area (Å²) in [6.07, 6.45) is 2.68. The summed E-state index contributed by atoms with van der Waals surface area (Å²) in [4.78, 5) is 21.1. The van der Waals surface area contributed by atoms with Gasteiger partial charge in [-0.15, -0.1) is 0 Å². The van der Waals surface area contributed by atoms with E-state index in [9.17, 15) is 9.59 Å². The van der Waals surface area contributed by atoms with Crippen molar-refractivity contribution in [1.29, 1.82) is 0 Å². The number of carbonyl (C=O) groups excluding carboxylic acids is 2. The van der Waals surface area contributed by atoms with Crippen LogP contribution in [0.1, 0.15) is 25.7 Å². The second-order valence-electron chi connectivity index (χ2n) is 2.71. The smallest absolute Gasteiger partial charge is 0.149 e. The highest BCUT2D eigenvalue weighted by Crippen LogP contribution is 1.98. The molecule has 4 heteroatoms. The molecule has 0 aliphatic rings. The molecule has 0 rings (SSSR count). The zero-order valence-electron chi connectivity index (χ0n) is 7.16. The summed E-state index contributed by atoms with van der Waals surface area (Å²) in [6.45, 7) is 0.506. The van der Waals surface area contributed by atoms with E-state index in [1.54, 1.807) is 0 Å².